The molecule has 1 aliphatic heterocycles. The van der Waals surface area contributed by atoms with Gasteiger partial charge in [-0.3, -0.25) is 67.5 Å². The summed E-state index contributed by atoms with van der Waals surface area (Å²) >= 11 is 0. The molecular formula is C48H77N11O24. The van der Waals surface area contributed by atoms with Crippen molar-refractivity contribution in [3.05, 3.63) is 0 Å². The minimum absolute atomic E-state index is 0.0175. The van der Waals surface area contributed by atoms with Gasteiger partial charge >= 0.3 is 59.8 Å². The first-order valence-electron chi connectivity index (χ1n) is 26.4. The van der Waals surface area contributed by atoms with Gasteiger partial charge in [-0.1, -0.05) is 0 Å². The van der Waals surface area contributed by atoms with E-state index >= 15 is 0 Å². The molecule has 16 N–H and O–H groups in total. The number of carbonyl (C=O) groups excluding carboxylic acids is 6. The van der Waals surface area contributed by atoms with Crippen molar-refractivity contribution < 1.29 is 118 Å². The normalized spacial score (nSPS) is 16.0. The lowest BCUT2D eigenvalue weighted by molar-refractivity contribution is -0.145. The number of nitrogens with zero attached hydrogens (tertiary/aromatic N) is 4. The lowest BCUT2D eigenvalue weighted by Gasteiger charge is -2.35. The fourth-order valence-corrected chi connectivity index (χ4v) is 8.16. The molecule has 35 heteroatoms. The number of aliphatic carboxylic acids is 9. The van der Waals surface area contributed by atoms with Gasteiger partial charge in [-0.2, -0.15) is 0 Å². The van der Waals surface area contributed by atoms with Crippen LogP contribution in [0.3, 0.4) is 0 Å². The molecule has 468 valence electrons. The van der Waals surface area contributed by atoms with Gasteiger partial charge in [-0.25, -0.2) is 24.0 Å². The van der Waals surface area contributed by atoms with Gasteiger partial charge in [-0.15, -0.1) is 0 Å². The number of unbranched alkanes of at least 4 members (excludes halogenated alkanes) is 1. The molecule has 0 aromatic rings. The van der Waals surface area contributed by atoms with Gasteiger partial charge < -0.3 is 83.2 Å². The predicted molar refractivity (Wildman–Crippen MR) is 280 cm³/mol. The second kappa shape index (κ2) is 39.2. The Balaban J connectivity index is 2.59. The highest BCUT2D eigenvalue weighted by Gasteiger charge is 2.31. The van der Waals surface area contributed by atoms with Crippen LogP contribution in [-0.2, 0) is 67.1 Å². The van der Waals surface area contributed by atoms with Crippen LogP contribution in [0.25, 0.3) is 0 Å². The number of nitrogens with one attached hydrogen (secondary N) is 7. The summed E-state index contributed by atoms with van der Waals surface area (Å²) in [4.78, 5) is 186. The Morgan fingerprint density at radius 1 is 0.361 bits per heavy atom. The van der Waals surface area contributed by atoms with E-state index in [0.29, 0.717) is 0 Å². The first-order valence-corrected chi connectivity index (χ1v) is 26.4. The van der Waals surface area contributed by atoms with E-state index in [2.05, 4.69) is 26.6 Å². The van der Waals surface area contributed by atoms with Crippen molar-refractivity contribution in [3.8, 4) is 0 Å². The minimum Gasteiger partial charge on any atom is -0.481 e. The van der Waals surface area contributed by atoms with Crippen LogP contribution in [-0.4, -0.2) is 276 Å². The average molecular weight is 1190 g/mol. The van der Waals surface area contributed by atoms with Crippen molar-refractivity contribution in [1.29, 1.82) is 0 Å². The second-order valence-corrected chi connectivity index (χ2v) is 19.3. The van der Waals surface area contributed by atoms with E-state index in [1.807, 2.05) is 10.6 Å². The van der Waals surface area contributed by atoms with E-state index in [0.717, 1.165) is 0 Å². The summed E-state index contributed by atoms with van der Waals surface area (Å²) in [6.07, 6.45) is -3.36. The van der Waals surface area contributed by atoms with Crippen LogP contribution in [0.1, 0.15) is 90.4 Å². The fourth-order valence-electron chi connectivity index (χ4n) is 8.16. The van der Waals surface area contributed by atoms with Gasteiger partial charge in [0.15, 0.2) is 0 Å². The van der Waals surface area contributed by atoms with Crippen LogP contribution in [0.5, 0.6) is 0 Å². The zero-order valence-electron chi connectivity index (χ0n) is 45.8. The van der Waals surface area contributed by atoms with Crippen LogP contribution in [0.2, 0.25) is 0 Å². The number of urea groups is 1. The molecule has 83 heavy (non-hydrogen) atoms. The number of hydrogen-bond donors (Lipinski definition) is 16. The first-order chi connectivity index (χ1) is 39.0. The van der Waals surface area contributed by atoms with Gasteiger partial charge in [0.2, 0.25) is 29.5 Å². The van der Waals surface area contributed by atoms with Crippen molar-refractivity contribution >= 4 is 89.3 Å². The minimum atomic E-state index is -1.73. The molecule has 1 saturated heterocycles. The molecule has 1 heterocycles. The predicted octanol–water partition coefficient (Wildman–Crippen LogP) is -4.85. The van der Waals surface area contributed by atoms with E-state index in [1.54, 1.807) is 0 Å². The third-order valence-electron chi connectivity index (χ3n) is 12.7. The molecule has 0 saturated carbocycles. The van der Waals surface area contributed by atoms with Gasteiger partial charge in [0.25, 0.3) is 0 Å². The third kappa shape index (κ3) is 33.3. The number of amides is 7. The topological polar surface area (TPSA) is 535 Å². The molecule has 1 fully saturated rings. The quantitative estimate of drug-likeness (QED) is 0.0257. The summed E-state index contributed by atoms with van der Waals surface area (Å²) in [6.45, 7) is 0.373. The Morgan fingerprint density at radius 2 is 0.735 bits per heavy atom. The van der Waals surface area contributed by atoms with Crippen LogP contribution in [0, 0.1) is 0 Å². The average Bonchev–Trinajstić information content (AvgIpc) is 3.39. The Hall–Kier alpha value is -8.31. The highest BCUT2D eigenvalue weighted by Crippen LogP contribution is 2.12. The molecule has 0 radical (unpaired) electrons. The molecule has 1 aliphatic rings. The molecule has 0 bridgehead atoms. The first kappa shape index (κ1) is 72.7. The second-order valence-electron chi connectivity index (χ2n) is 19.3. The smallest absolute Gasteiger partial charge is 0.326 e. The largest absolute Gasteiger partial charge is 0.481 e. The maximum atomic E-state index is 13.0. The highest BCUT2D eigenvalue weighted by molar-refractivity contribution is 5.91. The summed E-state index contributed by atoms with van der Waals surface area (Å²) in [5.74, 6) is -15.9. The molecule has 0 aliphatic carbocycles. The maximum absolute atomic E-state index is 13.0. The van der Waals surface area contributed by atoms with Crippen molar-refractivity contribution in [2.75, 3.05) is 85.1 Å². The molecule has 0 spiro atoms. The Morgan fingerprint density at radius 3 is 1.16 bits per heavy atom. The summed E-state index contributed by atoms with van der Waals surface area (Å²) in [5, 5.41) is 101. The van der Waals surface area contributed by atoms with E-state index < -0.39 is 171 Å². The number of carboxylic acid groups (broad SMARTS) is 9. The molecule has 1 rings (SSSR count). The molecule has 0 unspecified atom stereocenters. The SMILES string of the molecule is C[C@@H](NC(=O)CC[C@@H](C(=O)O)N1CCN(CC(=O)O)CCN(CC(=O)O)CCN(CC(=O)O)CC1)C(=O)N[C@H](CCCCNC(=O)CCC(=O)NCCC[C@@H](NC(=O)CC[C@H](NC(=O)N[C@@H](CCC(=O)O)C(=O)O)C(=O)O)C(=O)O)C(=O)O. The van der Waals surface area contributed by atoms with Crippen molar-refractivity contribution in [3.63, 3.8) is 0 Å². The number of carbonyl (C=O) groups is 15. The van der Waals surface area contributed by atoms with E-state index in [9.17, 15) is 113 Å². The zero-order chi connectivity index (χ0) is 62.8. The van der Waals surface area contributed by atoms with Crippen LogP contribution in [0.4, 0.5) is 4.79 Å². The Labute approximate surface area is 474 Å². The number of hydrogen-bond acceptors (Lipinski definition) is 19. The van der Waals surface area contributed by atoms with E-state index in [1.165, 1.54) is 26.5 Å². The Kier molecular flexibility index (Phi) is 34.3. The third-order valence-corrected chi connectivity index (χ3v) is 12.7. The zero-order valence-corrected chi connectivity index (χ0v) is 45.8. The molecule has 0 aromatic heterocycles. The van der Waals surface area contributed by atoms with Crippen molar-refractivity contribution in [2.24, 2.45) is 0 Å². The van der Waals surface area contributed by atoms with Gasteiger partial charge in [0, 0.05) is 97.6 Å². The maximum Gasteiger partial charge on any atom is 0.326 e. The highest BCUT2D eigenvalue weighted by atomic mass is 16.4. The Bertz CT molecular complexity index is 2240. The van der Waals surface area contributed by atoms with E-state index in [4.69, 9.17) is 5.11 Å². The molecule has 0 aromatic carbocycles. The molecule has 35 nitrogen and oxygen atoms in total. The van der Waals surface area contributed by atoms with Gasteiger partial charge in [-0.05, 0) is 58.3 Å². The number of rotatable bonds is 39. The summed E-state index contributed by atoms with van der Waals surface area (Å²) in [5.41, 5.74) is 0. The van der Waals surface area contributed by atoms with Gasteiger partial charge in [0.05, 0.1) is 19.6 Å². The molecule has 7 amide bonds. The van der Waals surface area contributed by atoms with Crippen LogP contribution < -0.4 is 37.2 Å². The van der Waals surface area contributed by atoms with Crippen molar-refractivity contribution in [1.82, 2.24) is 56.8 Å². The van der Waals surface area contributed by atoms with E-state index in [-0.39, 0.29) is 123 Å². The summed E-state index contributed by atoms with van der Waals surface area (Å²) in [7, 11) is 0. The van der Waals surface area contributed by atoms with Crippen LogP contribution in [0.15, 0.2) is 0 Å². The summed E-state index contributed by atoms with van der Waals surface area (Å²) in [6, 6.07) is -10.2. The number of carboxylic acids is 9. The van der Waals surface area contributed by atoms with Crippen molar-refractivity contribution in [2.45, 2.75) is 127 Å². The fraction of sp³-hybridized carbons (Fsp3) is 0.688. The lowest BCUT2D eigenvalue weighted by Crippen LogP contribution is -2.52. The molecule has 6 atom stereocenters. The lowest BCUT2D eigenvalue weighted by atomic mass is 10.1. The standard InChI is InChI=1S/C48H77N11O24/c1-28(51-36(62)11-9-33(47(81)82)59-23-21-57(26-40(68)69)19-17-56(25-39(66)67)18-20-58(22-24-59)27-41(70)71)42(72)53-30(44(75)76)5-2-3-15-49-34(60)12-13-35(61)50-16-4-6-29(43(73)74)52-37(63)10-7-31(45(77)78)54-48(83)55-32(46(79)80)8-14-38(64)65/h28-33H,2-27H2,1H3,(H,49,60)(H,50,61)(H,51,62)(H,52,63)(H,53,72)(H,64,65)(H,66,67)(H,68,69)(H,70,71)(H,73,74)(H,75,76)(H,77,78)(H,79,80)(H,81,82)(H2,54,55,83)/t28-,29-,30-,31+,32+,33+/m1/s1. The summed E-state index contributed by atoms with van der Waals surface area (Å²) < 4.78 is 0. The molecular weight excluding hydrogens is 1110 g/mol. The monoisotopic (exact) mass is 1190 g/mol. The van der Waals surface area contributed by atoms with Gasteiger partial charge in [0.1, 0.15) is 36.3 Å². The van der Waals surface area contributed by atoms with Crippen LogP contribution >= 0.6 is 0 Å².